The lowest BCUT2D eigenvalue weighted by Crippen LogP contribution is -2.58. The molecule has 3 aromatic heterocycles. The van der Waals surface area contributed by atoms with Gasteiger partial charge < -0.3 is 39.4 Å². The van der Waals surface area contributed by atoms with E-state index in [-0.39, 0.29) is 41.0 Å². The Morgan fingerprint density at radius 2 is 1.69 bits per heavy atom. The summed E-state index contributed by atoms with van der Waals surface area (Å²) in [7, 11) is -3.83. The van der Waals surface area contributed by atoms with E-state index in [2.05, 4.69) is 55.1 Å². The molecular weight excluding hydrogens is 1050 g/mol. The number of aliphatic hydroxyl groups excluding tert-OH is 1. The number of ether oxygens (including phenoxy) is 1. The first kappa shape index (κ1) is 55.8. The molecule has 0 bridgehead atoms. The van der Waals surface area contributed by atoms with Crippen LogP contribution in [0.15, 0.2) is 83.3 Å². The van der Waals surface area contributed by atoms with Gasteiger partial charge in [0.1, 0.15) is 22.2 Å². The van der Waals surface area contributed by atoms with Crippen molar-refractivity contribution in [1.29, 1.82) is 0 Å². The number of alkyl halides is 6. The Morgan fingerprint density at radius 1 is 0.949 bits per heavy atom. The van der Waals surface area contributed by atoms with Gasteiger partial charge in [-0.2, -0.15) is 13.2 Å². The van der Waals surface area contributed by atoms with Gasteiger partial charge in [-0.05, 0) is 113 Å². The summed E-state index contributed by atoms with van der Waals surface area (Å²) < 4.78 is 113. The van der Waals surface area contributed by atoms with E-state index in [0.29, 0.717) is 111 Å². The molecular formula is C54H62F6N10O7S. The lowest BCUT2D eigenvalue weighted by atomic mass is 9.90. The molecule has 418 valence electrons. The summed E-state index contributed by atoms with van der Waals surface area (Å²) in [5.41, 5.74) is 5.43. The highest BCUT2D eigenvalue weighted by atomic mass is 32.2. The minimum absolute atomic E-state index is 0.0254. The smallest absolute Gasteiger partial charge is 0.404 e. The number of hydrogen-bond acceptors (Lipinski definition) is 13. The summed E-state index contributed by atoms with van der Waals surface area (Å²) in [6.07, 6.45) is -3.60. The molecule has 5 aromatic rings. The maximum atomic E-state index is 14.1. The van der Waals surface area contributed by atoms with Gasteiger partial charge in [-0.1, -0.05) is 20.4 Å². The molecule has 3 atom stereocenters. The van der Waals surface area contributed by atoms with E-state index in [1.54, 1.807) is 47.4 Å². The number of benzene rings is 2. The Kier molecular flexibility index (Phi) is 14.6. The molecule has 9 rings (SSSR count). The van der Waals surface area contributed by atoms with Gasteiger partial charge in [0.25, 0.3) is 11.5 Å². The number of nitrogens with zero attached hydrogens (tertiary/aromatic N) is 8. The number of carbonyl (C=O) groups excluding carboxylic acids is 2. The first-order chi connectivity index (χ1) is 36.5. The van der Waals surface area contributed by atoms with E-state index < -0.39 is 55.8 Å². The quantitative estimate of drug-likeness (QED) is 0.0755. The number of fused-ring (bicyclic) bond motifs is 3. The van der Waals surface area contributed by atoms with Crippen LogP contribution in [0.3, 0.4) is 0 Å². The number of aliphatic hydroxyl groups is 1. The van der Waals surface area contributed by atoms with Crippen molar-refractivity contribution >= 4 is 56.0 Å². The van der Waals surface area contributed by atoms with Gasteiger partial charge in [0.15, 0.2) is 20.4 Å². The Bertz CT molecular complexity index is 3380. The van der Waals surface area contributed by atoms with Crippen LogP contribution in [0, 0.1) is 5.41 Å². The zero-order valence-corrected chi connectivity index (χ0v) is 45.0. The van der Waals surface area contributed by atoms with Crippen molar-refractivity contribution < 1.29 is 54.2 Å². The Balaban J connectivity index is 0.906. The van der Waals surface area contributed by atoms with E-state index in [4.69, 9.17) is 4.98 Å². The fourth-order valence-electron chi connectivity index (χ4n) is 11.4. The van der Waals surface area contributed by atoms with Crippen LogP contribution >= 0.6 is 0 Å². The van der Waals surface area contributed by atoms with Gasteiger partial charge in [-0.15, -0.1) is 13.2 Å². The molecule has 0 spiro atoms. The molecule has 1 aliphatic carbocycles. The highest BCUT2D eigenvalue weighted by Crippen LogP contribution is 2.46. The van der Waals surface area contributed by atoms with Crippen LogP contribution in [0.1, 0.15) is 81.7 Å². The summed E-state index contributed by atoms with van der Waals surface area (Å²) in [4.78, 5) is 56.6. The Hall–Kier alpha value is -6.92. The van der Waals surface area contributed by atoms with Crippen molar-refractivity contribution in [2.75, 3.05) is 58.1 Å². The molecule has 0 saturated carbocycles. The molecule has 78 heavy (non-hydrogen) atoms. The van der Waals surface area contributed by atoms with Crippen molar-refractivity contribution in [3.8, 4) is 17.0 Å². The molecule has 3 N–H and O–H groups in total. The fraction of sp³-hybridized carbons (Fsp3) is 0.463. The zero-order valence-electron chi connectivity index (χ0n) is 44.2. The number of nitrogens with one attached hydrogen (secondary N) is 2. The molecule has 2 amide bonds. The van der Waals surface area contributed by atoms with Gasteiger partial charge in [-0.3, -0.25) is 24.2 Å². The summed E-state index contributed by atoms with van der Waals surface area (Å²) in [5.74, 6) is -1.70. The largest absolute Gasteiger partial charge is 0.573 e. The standard InChI is InChI=1S/C54H62F6N10O7S/c1-9-46(72)63-39-24-34(62-47-50(74)65(8)29-40(64-47)37-14-16-61-48(38(37)30-71)70-21-20-69-42(49(70)73)23-33-26-51(4,5)27-43(33)69)10-12-41(39)68-19-18-66(28-32(68)3)35-15-17-67(31(2)22-35)36-11-13-45(44(25-36)77-54(58,59)60)78(75,76)52(6,7)53(55,56)57/h9-14,16,23-25,29,31-32,35,71H,1,15,17-22,26-28,30H2,2-8H3,(H,62,64)(H,63,72)/t31-,32+,35?/m1/s1. The number of halogens is 6. The second kappa shape index (κ2) is 20.4. The summed E-state index contributed by atoms with van der Waals surface area (Å²) in [5, 5.41) is 16.9. The van der Waals surface area contributed by atoms with Crippen molar-refractivity contribution in [1.82, 2.24) is 24.0 Å². The first-order valence-electron chi connectivity index (χ1n) is 25.6. The minimum atomic E-state index is -5.41. The zero-order chi connectivity index (χ0) is 56.6. The van der Waals surface area contributed by atoms with Crippen LogP contribution < -0.4 is 35.6 Å². The number of rotatable bonds is 13. The second-order valence-corrected chi connectivity index (χ2v) is 24.3. The van der Waals surface area contributed by atoms with Gasteiger partial charge in [0.05, 0.1) is 23.7 Å². The van der Waals surface area contributed by atoms with Crippen molar-refractivity contribution in [3.63, 3.8) is 0 Å². The van der Waals surface area contributed by atoms with Crippen molar-refractivity contribution in [2.45, 2.75) is 121 Å². The monoisotopic (exact) mass is 1110 g/mol. The maximum Gasteiger partial charge on any atom is 0.573 e. The van der Waals surface area contributed by atoms with Gasteiger partial charge in [0.2, 0.25) is 5.91 Å². The number of aromatic nitrogens is 4. The molecule has 24 heteroatoms. The SMILES string of the molecule is C=CC(=O)Nc1cc(Nc2nc(-c3ccnc(N4CCn5c(cc6c5CC(C)(C)C6)C4=O)c3CO)cn(C)c2=O)ccc1N1CCN(C2CCN(c3ccc(S(=O)(=O)C(C)(C)C(F)(F)F)c(OC(F)(F)F)c3)[C@H](C)C2)C[C@@H]1C. The molecule has 1 unspecified atom stereocenters. The fourth-order valence-corrected chi connectivity index (χ4v) is 12.9. The summed E-state index contributed by atoms with van der Waals surface area (Å²) in [6, 6.07) is 11.3. The third kappa shape index (κ3) is 10.4. The van der Waals surface area contributed by atoms with Crippen LogP contribution in [0.2, 0.25) is 0 Å². The topological polar surface area (TPSA) is 187 Å². The van der Waals surface area contributed by atoms with Crippen LogP contribution in [0.5, 0.6) is 5.75 Å². The average Bonchev–Trinajstić information content (AvgIpc) is 3.99. The van der Waals surface area contributed by atoms with E-state index in [1.807, 2.05) is 26.0 Å². The lowest BCUT2D eigenvalue weighted by Gasteiger charge is -2.48. The Labute approximate surface area is 447 Å². The number of piperidine rings is 1. The number of carbonyl (C=O) groups is 2. The minimum Gasteiger partial charge on any atom is -0.404 e. The number of sulfone groups is 1. The number of anilines is 6. The third-order valence-electron chi connectivity index (χ3n) is 15.6. The molecule has 6 heterocycles. The predicted octanol–water partition coefficient (Wildman–Crippen LogP) is 8.37. The van der Waals surface area contributed by atoms with E-state index in [1.165, 1.54) is 21.9 Å². The van der Waals surface area contributed by atoms with Gasteiger partial charge >= 0.3 is 12.5 Å². The number of piperazine rings is 1. The van der Waals surface area contributed by atoms with E-state index in [9.17, 15) is 54.3 Å². The average molecular weight is 1110 g/mol. The Morgan fingerprint density at radius 3 is 2.36 bits per heavy atom. The van der Waals surface area contributed by atoms with Crippen molar-refractivity contribution in [2.24, 2.45) is 12.5 Å². The van der Waals surface area contributed by atoms with Gasteiger partial charge in [-0.25, -0.2) is 18.4 Å². The molecule has 2 fully saturated rings. The molecule has 3 aliphatic heterocycles. The molecule has 17 nitrogen and oxygen atoms in total. The molecule has 2 aromatic carbocycles. The van der Waals surface area contributed by atoms with E-state index >= 15 is 0 Å². The maximum absolute atomic E-state index is 14.1. The van der Waals surface area contributed by atoms with Crippen LogP contribution in [-0.4, -0.2) is 117 Å². The van der Waals surface area contributed by atoms with Crippen LogP contribution in [0.4, 0.5) is 60.7 Å². The second-order valence-electron chi connectivity index (χ2n) is 21.8. The molecule has 4 aliphatic rings. The third-order valence-corrected chi connectivity index (χ3v) is 18.1. The highest BCUT2D eigenvalue weighted by molar-refractivity contribution is 7.93. The number of pyridine rings is 1. The number of amides is 2. The van der Waals surface area contributed by atoms with Crippen LogP contribution in [-0.2, 0) is 47.7 Å². The van der Waals surface area contributed by atoms with Crippen LogP contribution in [0.25, 0.3) is 11.3 Å². The summed E-state index contributed by atoms with van der Waals surface area (Å²) >= 11 is 0. The van der Waals surface area contributed by atoms with Crippen molar-refractivity contribution in [3.05, 3.63) is 106 Å². The van der Waals surface area contributed by atoms with Gasteiger partial charge in [0, 0.05) is 111 Å². The first-order valence-corrected chi connectivity index (χ1v) is 27.0. The lowest BCUT2D eigenvalue weighted by molar-refractivity contribution is -0.275. The normalized spacial score (nSPS) is 20.1. The molecule has 2 saturated heterocycles. The number of aryl methyl sites for hydroxylation is 1. The summed E-state index contributed by atoms with van der Waals surface area (Å²) in [6.45, 7) is 15.2. The highest BCUT2D eigenvalue weighted by Gasteiger charge is 2.58. The predicted molar refractivity (Wildman–Crippen MR) is 283 cm³/mol. The molecule has 0 radical (unpaired) electrons. The van der Waals surface area contributed by atoms with E-state index in [0.717, 1.165) is 31.1 Å². The number of hydrogen-bond donors (Lipinski definition) is 3.